The lowest BCUT2D eigenvalue weighted by molar-refractivity contribution is -0.339. The standard InChI is InChI=1S/C36H40N5O18P3/c37-28-17-26-33(36(47)40-28)21(18-41(26)31-13-11-23(56-31)19-55-61(51,52)59-62(53,54)58-60(48,49)50)6-4-14-38-29(42)8-1-2-9-30(43)39-22-10-12-27-25(16-22)34(46)24-7-3-5-20(15-32(44)45)35(24)57-27/h3,5,7,10,12,16-17,21,23,31H,1-2,8-9,11,13-15,18-19H2,(H,38,42)(H,39,43)(H,44,45)(H,51,52)(H,53,54)(H3,37,40,47)(H2,48,49,50)/p-5. The predicted molar refractivity (Wildman–Crippen MR) is 207 cm³/mol. The van der Waals surface area contributed by atoms with E-state index in [0.717, 1.165) is 0 Å². The fraction of sp³-hybridized carbons (Fsp3) is 0.361. The molecule has 6 rings (SSSR count). The summed E-state index contributed by atoms with van der Waals surface area (Å²) in [6, 6.07) is 10.6. The zero-order valence-electron chi connectivity index (χ0n) is 32.1. The maximum atomic E-state index is 13.2. The molecule has 1 saturated heterocycles. The molecule has 0 bridgehead atoms. The number of anilines is 3. The first-order valence-electron chi connectivity index (χ1n) is 18.6. The lowest BCUT2D eigenvalue weighted by atomic mass is 10.0. The number of hydrogen-bond acceptors (Lipinski definition) is 20. The van der Waals surface area contributed by atoms with Crippen molar-refractivity contribution >= 4 is 80.4 Å². The number of carboxylic acid groups (broad SMARTS) is 1. The number of benzene rings is 2. The number of unbranched alkanes of at least 4 members (excludes halogenated alkanes) is 1. The largest absolute Gasteiger partial charge is 0.790 e. The average molecular weight is 919 g/mol. The van der Waals surface area contributed by atoms with Crippen LogP contribution in [-0.2, 0) is 52.4 Å². The number of ether oxygens (including phenoxy) is 1. The molecule has 2 aliphatic rings. The Kier molecular flexibility index (Phi) is 14.2. The third-order valence-electron chi connectivity index (χ3n) is 9.46. The van der Waals surface area contributed by atoms with Crippen LogP contribution in [0.3, 0.4) is 0 Å². The number of H-pyrrole nitrogens is 1. The molecule has 332 valence electrons. The zero-order chi connectivity index (χ0) is 45.0. The number of nitrogen functional groups attached to an aromatic ring is 1. The van der Waals surface area contributed by atoms with Gasteiger partial charge >= 0.3 is 0 Å². The number of carbonyl (C=O) groups is 3. The van der Waals surface area contributed by atoms with Crippen molar-refractivity contribution in [1.29, 1.82) is 0 Å². The Balaban J connectivity index is 0.955. The number of para-hydroxylation sites is 1. The lowest BCUT2D eigenvalue weighted by Gasteiger charge is -2.37. The lowest BCUT2D eigenvalue weighted by Crippen LogP contribution is -2.35. The third kappa shape index (κ3) is 12.0. The molecule has 5 atom stereocenters. The number of nitrogens with zero attached hydrogens (tertiary/aromatic N) is 1. The molecule has 0 radical (unpaired) electrons. The number of phosphoric ester groups is 1. The first-order chi connectivity index (χ1) is 29.2. The van der Waals surface area contributed by atoms with Gasteiger partial charge in [0.25, 0.3) is 21.2 Å². The number of nitrogens with one attached hydrogen (secondary N) is 3. The topological polar surface area (TPSA) is 371 Å². The van der Waals surface area contributed by atoms with Crippen LogP contribution in [0.4, 0.5) is 17.2 Å². The molecule has 26 heteroatoms. The summed E-state index contributed by atoms with van der Waals surface area (Å²) in [4.78, 5) is 111. The maximum Gasteiger partial charge on any atom is 0.278 e. The minimum Gasteiger partial charge on any atom is -0.790 e. The normalized spacial score (nSPS) is 19.3. The predicted octanol–water partition coefficient (Wildman–Crippen LogP) is -0.948. The number of fused-ring (bicyclic) bond motifs is 3. The fourth-order valence-corrected chi connectivity index (χ4v) is 9.82. The Morgan fingerprint density at radius 2 is 1.69 bits per heavy atom. The molecule has 2 amide bonds. The number of aromatic nitrogens is 1. The van der Waals surface area contributed by atoms with E-state index in [2.05, 4.69) is 40.6 Å². The number of nitrogens with two attached hydrogens (primary N) is 1. The number of amides is 2. The smallest absolute Gasteiger partial charge is 0.278 e. The minimum atomic E-state index is -6.15. The molecule has 0 saturated carbocycles. The summed E-state index contributed by atoms with van der Waals surface area (Å²) in [5.41, 5.74) is 6.61. The molecule has 62 heavy (non-hydrogen) atoms. The number of aliphatic carboxylic acids is 1. The van der Waals surface area contributed by atoms with Crippen LogP contribution in [0.2, 0.25) is 0 Å². The maximum absolute atomic E-state index is 13.2. The van der Waals surface area contributed by atoms with Gasteiger partial charge in [-0.05, 0) is 49.9 Å². The van der Waals surface area contributed by atoms with Crippen molar-refractivity contribution in [2.75, 3.05) is 35.6 Å². The van der Waals surface area contributed by atoms with Gasteiger partial charge in [-0.3, -0.25) is 32.6 Å². The number of rotatable bonds is 17. The Morgan fingerprint density at radius 3 is 2.42 bits per heavy atom. The summed E-state index contributed by atoms with van der Waals surface area (Å²) in [6.07, 6.45) is -0.780. The van der Waals surface area contributed by atoms with Crippen LogP contribution in [-0.4, -0.2) is 54.8 Å². The minimum absolute atomic E-state index is 0.0371. The Labute approximate surface area is 350 Å². The van der Waals surface area contributed by atoms with Gasteiger partial charge in [0.1, 0.15) is 23.2 Å². The van der Waals surface area contributed by atoms with E-state index in [1.165, 1.54) is 30.3 Å². The molecular weight excluding hydrogens is 883 g/mol. The number of phosphoric acid groups is 3. The molecule has 5 N–H and O–H groups in total. The van der Waals surface area contributed by atoms with Crippen LogP contribution in [0.15, 0.2) is 56.5 Å². The van der Waals surface area contributed by atoms with Crippen LogP contribution in [0, 0.1) is 11.8 Å². The number of carboxylic acids is 1. The highest BCUT2D eigenvalue weighted by molar-refractivity contribution is 7.64. The first kappa shape index (κ1) is 46.3. The number of aromatic amines is 1. The van der Waals surface area contributed by atoms with Gasteiger partial charge in [-0.25, -0.2) is 4.31 Å². The van der Waals surface area contributed by atoms with Crippen molar-refractivity contribution in [1.82, 2.24) is 10.3 Å². The summed E-state index contributed by atoms with van der Waals surface area (Å²) >= 11 is 0. The highest BCUT2D eigenvalue weighted by Gasteiger charge is 2.39. The quantitative estimate of drug-likeness (QED) is 0.0429. The molecule has 2 aliphatic heterocycles. The van der Waals surface area contributed by atoms with Gasteiger partial charge < -0.3 is 74.0 Å². The first-order valence-corrected chi connectivity index (χ1v) is 22.9. The van der Waals surface area contributed by atoms with Crippen LogP contribution in [0.1, 0.15) is 55.6 Å². The van der Waals surface area contributed by atoms with Crippen molar-refractivity contribution in [3.63, 3.8) is 0 Å². The third-order valence-corrected chi connectivity index (χ3v) is 13.1. The highest BCUT2D eigenvalue weighted by Crippen LogP contribution is 2.60. The van der Waals surface area contributed by atoms with Gasteiger partial charge in [0.05, 0.1) is 55.0 Å². The fourth-order valence-electron chi connectivity index (χ4n) is 6.93. The zero-order valence-corrected chi connectivity index (χ0v) is 34.7. The monoisotopic (exact) mass is 918 g/mol. The number of carbonyl (C=O) groups excluding carboxylic acids is 3. The van der Waals surface area contributed by atoms with Gasteiger partial charge in [0.15, 0.2) is 0 Å². The molecule has 0 spiro atoms. The molecule has 5 unspecified atom stereocenters. The molecule has 2 aromatic heterocycles. The van der Waals surface area contributed by atoms with Crippen molar-refractivity contribution in [3.8, 4) is 11.8 Å². The Bertz CT molecular complexity index is 2740. The van der Waals surface area contributed by atoms with E-state index in [0.29, 0.717) is 29.8 Å². The van der Waals surface area contributed by atoms with Crippen molar-refractivity contribution in [3.05, 3.63) is 74.2 Å². The van der Waals surface area contributed by atoms with Crippen LogP contribution in [0.25, 0.3) is 21.9 Å². The summed E-state index contributed by atoms with van der Waals surface area (Å²) < 4.78 is 56.9. The van der Waals surface area contributed by atoms with Crippen molar-refractivity contribution < 1.29 is 75.1 Å². The van der Waals surface area contributed by atoms with Crippen LogP contribution >= 0.6 is 23.5 Å². The summed E-state index contributed by atoms with van der Waals surface area (Å²) in [6.45, 7) is -0.701. The second kappa shape index (κ2) is 19.0. The molecule has 0 aliphatic carbocycles. The second-order valence-corrected chi connectivity index (χ2v) is 18.2. The van der Waals surface area contributed by atoms with E-state index in [9.17, 15) is 62.3 Å². The van der Waals surface area contributed by atoms with E-state index in [1.54, 1.807) is 17.0 Å². The van der Waals surface area contributed by atoms with Gasteiger partial charge in [-0.15, -0.1) is 0 Å². The highest BCUT2D eigenvalue weighted by atomic mass is 31.3. The van der Waals surface area contributed by atoms with Crippen molar-refractivity contribution in [2.24, 2.45) is 0 Å². The summed E-state index contributed by atoms with van der Waals surface area (Å²) in [5.74, 6) is 3.15. The molecule has 4 aromatic rings. The van der Waals surface area contributed by atoms with E-state index in [-0.39, 0.29) is 83.9 Å². The van der Waals surface area contributed by atoms with Gasteiger partial charge in [0, 0.05) is 49.1 Å². The number of hydrogen-bond donors (Lipinski definition) is 4. The summed E-state index contributed by atoms with van der Waals surface area (Å²) in [7, 11) is -18.0. The van der Waals surface area contributed by atoms with E-state index in [1.807, 2.05) is 0 Å². The molecule has 23 nitrogen and oxygen atoms in total. The number of pyridine rings is 1. The van der Waals surface area contributed by atoms with Gasteiger partial charge in [-0.2, -0.15) is 0 Å². The molecule has 4 heterocycles. The molecule has 2 aromatic carbocycles. The van der Waals surface area contributed by atoms with Crippen molar-refractivity contribution in [2.45, 2.75) is 63.2 Å². The Hall–Kier alpha value is -5.20. The van der Waals surface area contributed by atoms with E-state index >= 15 is 0 Å². The van der Waals surface area contributed by atoms with E-state index in [4.69, 9.17) is 14.9 Å². The SMILES string of the molecule is Nc1cc2c(c(=O)[nH]1)C(C#CCNC(=O)CCCCC(=O)Nc1ccc3oc4c(CC(=O)[O-])cccc4c(=O)c3c1)CN2C1CCC(COP(=O)([O-])OP(=O)([O-])OP(=O)([O-])[O-])O1. The van der Waals surface area contributed by atoms with Crippen LogP contribution in [0.5, 0.6) is 0 Å². The van der Waals surface area contributed by atoms with E-state index < -0.39 is 71.7 Å². The average Bonchev–Trinajstić information content (AvgIpc) is 3.78. The Morgan fingerprint density at radius 1 is 0.952 bits per heavy atom. The summed E-state index contributed by atoms with van der Waals surface area (Å²) in [5, 5.41) is 16.9. The second-order valence-electron chi connectivity index (χ2n) is 14.0. The van der Waals surface area contributed by atoms with Gasteiger partial charge in [0.2, 0.25) is 17.2 Å². The van der Waals surface area contributed by atoms with Crippen LogP contribution < -0.4 is 56.9 Å². The van der Waals surface area contributed by atoms with Gasteiger partial charge in [-0.1, -0.05) is 24.0 Å². The molecule has 1 fully saturated rings. The molecular formula is C36H35N5O18P3-5.